The molecule has 1 aromatic carbocycles. The summed E-state index contributed by atoms with van der Waals surface area (Å²) in [5.41, 5.74) is 4.29. The average molecular weight is 452 g/mol. The maximum Gasteiger partial charge on any atom is 0.173 e. The number of ketones is 2. The van der Waals surface area contributed by atoms with Gasteiger partial charge in [0.1, 0.15) is 0 Å². The van der Waals surface area contributed by atoms with Crippen LogP contribution in [0.3, 0.4) is 0 Å². The molecule has 126 valence electrons. The van der Waals surface area contributed by atoms with E-state index in [0.717, 1.165) is 36.8 Å². The van der Waals surface area contributed by atoms with Crippen molar-refractivity contribution in [3.8, 4) is 0 Å². The molecule has 1 aromatic rings. The highest BCUT2D eigenvalue weighted by atomic mass is 79.9. The van der Waals surface area contributed by atoms with E-state index < -0.39 is 0 Å². The standard InChI is InChI=1S/C20H20Br2O2/c21-11-19(23)15-3-1-2-13-4-5-14(6-7-15)17-9-8-16(10-18(13)17)20(24)12-22/h1,3,7-10,13-14H,2,4-6,11-12H2. The Labute approximate surface area is 159 Å². The number of halogens is 2. The number of rotatable bonds is 4. The van der Waals surface area contributed by atoms with E-state index >= 15 is 0 Å². The van der Waals surface area contributed by atoms with Crippen LogP contribution in [0.15, 0.2) is 42.0 Å². The summed E-state index contributed by atoms with van der Waals surface area (Å²) in [5.74, 6) is 1.15. The largest absolute Gasteiger partial charge is 0.293 e. The van der Waals surface area contributed by atoms with E-state index in [9.17, 15) is 9.59 Å². The van der Waals surface area contributed by atoms with Gasteiger partial charge >= 0.3 is 0 Å². The molecule has 0 radical (unpaired) electrons. The molecule has 2 unspecified atom stereocenters. The normalized spacial score (nSPS) is 22.7. The van der Waals surface area contributed by atoms with Crippen molar-refractivity contribution in [2.45, 2.75) is 37.5 Å². The van der Waals surface area contributed by atoms with Gasteiger partial charge in [0.15, 0.2) is 11.6 Å². The average Bonchev–Trinajstić information content (AvgIpc) is 2.64. The third-order valence-electron chi connectivity index (χ3n) is 5.06. The molecular weight excluding hydrogens is 432 g/mol. The van der Waals surface area contributed by atoms with Gasteiger partial charge in [-0.25, -0.2) is 0 Å². The zero-order chi connectivity index (χ0) is 17.1. The monoisotopic (exact) mass is 450 g/mol. The zero-order valence-corrected chi connectivity index (χ0v) is 16.6. The number of hydrogen-bond donors (Lipinski definition) is 0. The quantitative estimate of drug-likeness (QED) is 0.449. The molecule has 24 heavy (non-hydrogen) atoms. The third kappa shape index (κ3) is 3.65. The summed E-state index contributed by atoms with van der Waals surface area (Å²) in [6, 6.07) is 6.18. The lowest BCUT2D eigenvalue weighted by Gasteiger charge is -2.32. The Kier molecular flexibility index (Phi) is 5.88. The van der Waals surface area contributed by atoms with Gasteiger partial charge in [0.2, 0.25) is 0 Å². The second-order valence-electron chi connectivity index (χ2n) is 6.46. The number of carbonyl (C=O) groups excluding carboxylic acids is 2. The Morgan fingerprint density at radius 2 is 1.67 bits per heavy atom. The number of alkyl halides is 2. The first-order chi connectivity index (χ1) is 11.6. The maximum atomic E-state index is 12.0. The van der Waals surface area contributed by atoms with Gasteiger partial charge in [-0.05, 0) is 54.7 Å². The minimum absolute atomic E-state index is 0.131. The van der Waals surface area contributed by atoms with E-state index in [1.807, 2.05) is 12.1 Å². The van der Waals surface area contributed by atoms with E-state index in [1.54, 1.807) is 0 Å². The SMILES string of the molecule is O=C(CBr)C1=CCC2CCC(CC=C1)c1cc(C(=O)CBr)ccc12. The fraction of sp³-hybridized carbons (Fsp3) is 0.400. The number of fused-ring (bicyclic) bond motifs is 4. The minimum Gasteiger partial charge on any atom is -0.293 e. The van der Waals surface area contributed by atoms with Crippen molar-refractivity contribution in [1.29, 1.82) is 0 Å². The molecular formula is C20H20Br2O2. The first kappa shape index (κ1) is 17.8. The highest BCUT2D eigenvalue weighted by Gasteiger charge is 2.27. The first-order valence-corrected chi connectivity index (χ1v) is 10.6. The molecule has 4 heteroatoms. The molecule has 0 saturated carbocycles. The van der Waals surface area contributed by atoms with Crippen LogP contribution in [-0.2, 0) is 4.79 Å². The van der Waals surface area contributed by atoms with E-state index in [-0.39, 0.29) is 11.6 Å². The molecule has 0 amide bonds. The molecule has 3 aliphatic carbocycles. The van der Waals surface area contributed by atoms with Gasteiger partial charge in [-0.3, -0.25) is 9.59 Å². The summed E-state index contributed by atoms with van der Waals surface area (Å²) >= 11 is 6.53. The predicted octanol–water partition coefficient (Wildman–Crippen LogP) is 5.47. The van der Waals surface area contributed by atoms with Crippen molar-refractivity contribution in [2.24, 2.45) is 0 Å². The van der Waals surface area contributed by atoms with Gasteiger partial charge in [0.05, 0.1) is 10.7 Å². The van der Waals surface area contributed by atoms with E-state index in [4.69, 9.17) is 0 Å². The Balaban J connectivity index is 1.99. The lowest BCUT2D eigenvalue weighted by molar-refractivity contribution is -0.112. The fourth-order valence-corrected chi connectivity index (χ4v) is 4.38. The molecule has 2 bridgehead atoms. The van der Waals surface area contributed by atoms with Crippen LogP contribution < -0.4 is 0 Å². The Bertz CT molecular complexity index is 718. The molecule has 3 aliphatic rings. The second-order valence-corrected chi connectivity index (χ2v) is 7.58. The minimum atomic E-state index is 0.131. The smallest absolute Gasteiger partial charge is 0.173 e. The summed E-state index contributed by atoms with van der Waals surface area (Å²) in [5, 5.41) is 0.729. The van der Waals surface area contributed by atoms with Crippen LogP contribution in [0.1, 0.15) is 59.0 Å². The summed E-state index contributed by atoms with van der Waals surface area (Å²) in [6.45, 7) is 0. The maximum absolute atomic E-state index is 12.0. The van der Waals surface area contributed by atoms with Crippen LogP contribution in [0.2, 0.25) is 0 Å². The van der Waals surface area contributed by atoms with Gasteiger partial charge in [-0.1, -0.05) is 62.2 Å². The van der Waals surface area contributed by atoms with Crippen LogP contribution in [0.5, 0.6) is 0 Å². The lowest BCUT2D eigenvalue weighted by Crippen LogP contribution is -2.16. The van der Waals surface area contributed by atoms with Crippen molar-refractivity contribution in [1.82, 2.24) is 0 Å². The summed E-state index contributed by atoms with van der Waals surface area (Å²) in [4.78, 5) is 24.0. The number of carbonyl (C=O) groups is 2. The van der Waals surface area contributed by atoms with Gasteiger partial charge in [0.25, 0.3) is 0 Å². The molecule has 2 atom stereocenters. The molecule has 0 fully saturated rings. The van der Waals surface area contributed by atoms with Gasteiger partial charge in [-0.2, -0.15) is 0 Å². The Morgan fingerprint density at radius 1 is 0.958 bits per heavy atom. The lowest BCUT2D eigenvalue weighted by atomic mass is 9.73. The molecule has 0 saturated heterocycles. The molecule has 4 rings (SSSR count). The number of Topliss-reactive ketones (excluding diaryl/α,β-unsaturated/α-hetero) is 2. The molecule has 0 aromatic heterocycles. The van der Waals surface area contributed by atoms with Crippen molar-refractivity contribution >= 4 is 43.4 Å². The number of allylic oxidation sites excluding steroid dienone is 4. The van der Waals surface area contributed by atoms with Crippen molar-refractivity contribution in [3.63, 3.8) is 0 Å². The zero-order valence-electron chi connectivity index (χ0n) is 13.4. The van der Waals surface area contributed by atoms with Crippen molar-refractivity contribution < 1.29 is 9.59 Å². The van der Waals surface area contributed by atoms with E-state index in [2.05, 4.69) is 56.1 Å². The molecule has 0 N–H and O–H groups in total. The molecule has 2 nitrogen and oxygen atoms in total. The van der Waals surface area contributed by atoms with Crippen LogP contribution in [0, 0.1) is 0 Å². The van der Waals surface area contributed by atoms with E-state index in [1.165, 1.54) is 11.1 Å². The first-order valence-electron chi connectivity index (χ1n) is 8.33. The molecule has 0 heterocycles. The van der Waals surface area contributed by atoms with Gasteiger partial charge in [-0.15, -0.1) is 0 Å². The van der Waals surface area contributed by atoms with Crippen LogP contribution >= 0.6 is 31.9 Å². The molecule has 0 spiro atoms. The Hall–Kier alpha value is -1.00. The van der Waals surface area contributed by atoms with Gasteiger partial charge in [0, 0.05) is 11.1 Å². The van der Waals surface area contributed by atoms with Crippen LogP contribution in [-0.4, -0.2) is 22.2 Å². The number of hydrogen-bond acceptors (Lipinski definition) is 2. The van der Waals surface area contributed by atoms with Crippen LogP contribution in [0.4, 0.5) is 0 Å². The second kappa shape index (κ2) is 7.92. The summed E-state index contributed by atoms with van der Waals surface area (Å²) in [7, 11) is 0. The topological polar surface area (TPSA) is 34.1 Å². The van der Waals surface area contributed by atoms with Crippen molar-refractivity contribution in [2.75, 3.05) is 10.7 Å². The van der Waals surface area contributed by atoms with Gasteiger partial charge < -0.3 is 0 Å². The highest BCUT2D eigenvalue weighted by molar-refractivity contribution is 9.09. The predicted molar refractivity (Wildman–Crippen MR) is 105 cm³/mol. The fourth-order valence-electron chi connectivity index (χ4n) is 3.73. The summed E-state index contributed by atoms with van der Waals surface area (Å²) < 4.78 is 0. The molecule has 0 aliphatic heterocycles. The summed E-state index contributed by atoms with van der Waals surface area (Å²) in [6.07, 6.45) is 10.2. The van der Waals surface area contributed by atoms with Crippen molar-refractivity contribution in [3.05, 3.63) is 58.7 Å². The number of benzene rings is 1. The van der Waals surface area contributed by atoms with Crippen LogP contribution in [0.25, 0.3) is 0 Å². The Morgan fingerprint density at radius 3 is 2.38 bits per heavy atom. The third-order valence-corrected chi connectivity index (χ3v) is 6.08. The van der Waals surface area contributed by atoms with E-state index in [0.29, 0.717) is 22.5 Å². The highest BCUT2D eigenvalue weighted by Crippen LogP contribution is 2.43.